The molecule has 6 heteroatoms. The first-order chi connectivity index (χ1) is 11.6. The molecule has 0 saturated heterocycles. The topological polar surface area (TPSA) is 90.8 Å². The summed E-state index contributed by atoms with van der Waals surface area (Å²) in [4.78, 5) is 23.6. The van der Waals surface area contributed by atoms with Crippen molar-refractivity contribution in [2.75, 3.05) is 6.54 Å². The molecule has 2 rings (SSSR count). The van der Waals surface area contributed by atoms with E-state index in [4.69, 9.17) is 0 Å². The largest absolute Gasteiger partial charge is 0.507 e. The van der Waals surface area contributed by atoms with Gasteiger partial charge in [-0.25, -0.2) is 5.43 Å². The number of hydrogen-bond donors (Lipinski definition) is 3. The van der Waals surface area contributed by atoms with E-state index in [0.29, 0.717) is 16.8 Å². The van der Waals surface area contributed by atoms with Crippen LogP contribution in [0.15, 0.2) is 59.7 Å². The summed E-state index contributed by atoms with van der Waals surface area (Å²) in [7, 11) is 0. The van der Waals surface area contributed by atoms with E-state index in [1.807, 2.05) is 6.07 Å². The average Bonchev–Trinajstić information content (AvgIpc) is 2.60. The van der Waals surface area contributed by atoms with Gasteiger partial charge in [0, 0.05) is 24.1 Å². The Hall–Kier alpha value is -3.15. The molecule has 0 bridgehead atoms. The number of nitrogens with one attached hydrogen (secondary N) is 2. The van der Waals surface area contributed by atoms with Crippen molar-refractivity contribution < 1.29 is 14.7 Å². The fourth-order valence-electron chi connectivity index (χ4n) is 2.02. The van der Waals surface area contributed by atoms with Crippen LogP contribution in [0.25, 0.3) is 0 Å². The third-order valence-corrected chi connectivity index (χ3v) is 3.32. The highest BCUT2D eigenvalue weighted by molar-refractivity contribution is 6.01. The molecule has 0 aliphatic rings. The Morgan fingerprint density at radius 3 is 2.42 bits per heavy atom. The number of nitrogens with zero attached hydrogens (tertiary/aromatic N) is 1. The number of carbonyl (C=O) groups excluding carboxylic acids is 2. The predicted octanol–water partition coefficient (Wildman–Crippen LogP) is 2.05. The maximum absolute atomic E-state index is 11.8. The summed E-state index contributed by atoms with van der Waals surface area (Å²) in [5.74, 6) is -0.446. The number of carbonyl (C=O) groups is 2. The van der Waals surface area contributed by atoms with E-state index < -0.39 is 0 Å². The number of amides is 2. The maximum Gasteiger partial charge on any atom is 0.251 e. The van der Waals surface area contributed by atoms with Gasteiger partial charge in [-0.05, 0) is 31.2 Å². The molecular weight excluding hydrogens is 306 g/mol. The molecule has 0 aliphatic heterocycles. The van der Waals surface area contributed by atoms with E-state index in [0.717, 1.165) is 0 Å². The number of rotatable bonds is 6. The molecule has 0 spiro atoms. The zero-order valence-corrected chi connectivity index (χ0v) is 13.3. The van der Waals surface area contributed by atoms with Crippen LogP contribution >= 0.6 is 0 Å². The molecule has 0 aromatic heterocycles. The molecule has 0 atom stereocenters. The van der Waals surface area contributed by atoms with E-state index in [2.05, 4.69) is 15.8 Å². The van der Waals surface area contributed by atoms with Crippen LogP contribution in [-0.2, 0) is 4.79 Å². The molecule has 0 fully saturated rings. The molecular formula is C18H19N3O3. The normalized spacial score (nSPS) is 11.0. The monoisotopic (exact) mass is 325 g/mol. The number of phenols is 1. The summed E-state index contributed by atoms with van der Waals surface area (Å²) in [6.45, 7) is 1.90. The molecule has 0 unspecified atom stereocenters. The molecule has 24 heavy (non-hydrogen) atoms. The Morgan fingerprint density at radius 2 is 1.71 bits per heavy atom. The van der Waals surface area contributed by atoms with E-state index in [1.54, 1.807) is 55.5 Å². The number of para-hydroxylation sites is 1. The van der Waals surface area contributed by atoms with Crippen LogP contribution in [0.5, 0.6) is 5.75 Å². The summed E-state index contributed by atoms with van der Waals surface area (Å²) in [5, 5.41) is 16.3. The van der Waals surface area contributed by atoms with Crippen molar-refractivity contribution in [3.63, 3.8) is 0 Å². The molecule has 2 aromatic rings. The molecule has 0 heterocycles. The van der Waals surface area contributed by atoms with Crippen LogP contribution in [0.3, 0.4) is 0 Å². The van der Waals surface area contributed by atoms with Crippen LogP contribution in [-0.4, -0.2) is 29.2 Å². The fourth-order valence-corrected chi connectivity index (χ4v) is 2.02. The van der Waals surface area contributed by atoms with Crippen LogP contribution in [0.4, 0.5) is 0 Å². The highest BCUT2D eigenvalue weighted by Gasteiger charge is 2.07. The summed E-state index contributed by atoms with van der Waals surface area (Å²) < 4.78 is 0. The van der Waals surface area contributed by atoms with Crippen molar-refractivity contribution in [1.82, 2.24) is 10.7 Å². The van der Waals surface area contributed by atoms with Gasteiger partial charge in [-0.2, -0.15) is 5.10 Å². The van der Waals surface area contributed by atoms with Gasteiger partial charge in [-0.3, -0.25) is 9.59 Å². The minimum Gasteiger partial charge on any atom is -0.507 e. The first kappa shape index (κ1) is 17.2. The Balaban J connectivity index is 1.78. The quantitative estimate of drug-likeness (QED) is 0.561. The van der Waals surface area contributed by atoms with Crippen molar-refractivity contribution in [3.05, 3.63) is 65.7 Å². The standard InChI is InChI=1S/C18H19N3O3/c1-13(15-9-5-6-10-16(15)22)20-21-17(23)11-12-19-18(24)14-7-3-2-4-8-14/h2-10,22H,11-12H2,1H3,(H,19,24)(H,21,23). The molecule has 0 radical (unpaired) electrons. The van der Waals surface area contributed by atoms with E-state index >= 15 is 0 Å². The van der Waals surface area contributed by atoms with Crippen LogP contribution in [0, 0.1) is 0 Å². The van der Waals surface area contributed by atoms with E-state index in [9.17, 15) is 14.7 Å². The maximum atomic E-state index is 11.8. The van der Waals surface area contributed by atoms with Crippen LogP contribution < -0.4 is 10.7 Å². The van der Waals surface area contributed by atoms with E-state index in [-0.39, 0.29) is 30.5 Å². The molecule has 3 N–H and O–H groups in total. The van der Waals surface area contributed by atoms with Gasteiger partial charge in [0.1, 0.15) is 5.75 Å². The first-order valence-corrected chi connectivity index (χ1v) is 7.52. The minimum absolute atomic E-state index is 0.100. The highest BCUT2D eigenvalue weighted by atomic mass is 16.3. The second kappa shape index (κ2) is 8.47. The number of benzene rings is 2. The summed E-state index contributed by atoms with van der Waals surface area (Å²) >= 11 is 0. The number of phenolic OH excluding ortho intramolecular Hbond substituents is 1. The van der Waals surface area contributed by atoms with Crippen molar-refractivity contribution in [2.45, 2.75) is 13.3 Å². The summed E-state index contributed by atoms with van der Waals surface area (Å²) in [5.41, 5.74) is 4.00. The lowest BCUT2D eigenvalue weighted by molar-refractivity contribution is -0.120. The van der Waals surface area contributed by atoms with Gasteiger partial charge in [0.25, 0.3) is 5.91 Å². The Kier molecular flexibility index (Phi) is 6.08. The fraction of sp³-hybridized carbons (Fsp3) is 0.167. The molecule has 124 valence electrons. The second-order valence-corrected chi connectivity index (χ2v) is 5.12. The molecule has 2 aromatic carbocycles. The van der Waals surface area contributed by atoms with Crippen molar-refractivity contribution in [2.24, 2.45) is 5.10 Å². The van der Waals surface area contributed by atoms with Crippen molar-refractivity contribution in [3.8, 4) is 5.75 Å². The lowest BCUT2D eigenvalue weighted by Crippen LogP contribution is -2.29. The molecule has 0 aliphatic carbocycles. The lowest BCUT2D eigenvalue weighted by Gasteiger charge is -2.06. The average molecular weight is 325 g/mol. The Morgan fingerprint density at radius 1 is 1.04 bits per heavy atom. The number of hydrazone groups is 1. The zero-order valence-electron chi connectivity index (χ0n) is 13.3. The lowest BCUT2D eigenvalue weighted by atomic mass is 10.1. The van der Waals surface area contributed by atoms with Gasteiger partial charge < -0.3 is 10.4 Å². The van der Waals surface area contributed by atoms with Gasteiger partial charge in [0.05, 0.1) is 5.71 Å². The third-order valence-electron chi connectivity index (χ3n) is 3.32. The van der Waals surface area contributed by atoms with Crippen LogP contribution in [0.2, 0.25) is 0 Å². The SMILES string of the molecule is CC(=NNC(=O)CCNC(=O)c1ccccc1)c1ccccc1O. The molecule has 0 saturated carbocycles. The van der Waals surface area contributed by atoms with Crippen molar-refractivity contribution >= 4 is 17.5 Å². The van der Waals surface area contributed by atoms with Gasteiger partial charge >= 0.3 is 0 Å². The zero-order chi connectivity index (χ0) is 17.4. The third kappa shape index (κ3) is 4.95. The number of hydrogen-bond acceptors (Lipinski definition) is 4. The van der Waals surface area contributed by atoms with Gasteiger partial charge in [0.2, 0.25) is 5.91 Å². The first-order valence-electron chi connectivity index (χ1n) is 7.52. The van der Waals surface area contributed by atoms with Gasteiger partial charge in [-0.1, -0.05) is 30.3 Å². The predicted molar refractivity (Wildman–Crippen MR) is 91.9 cm³/mol. The number of aromatic hydroxyl groups is 1. The summed E-state index contributed by atoms with van der Waals surface area (Å²) in [6.07, 6.45) is 0.107. The van der Waals surface area contributed by atoms with E-state index in [1.165, 1.54) is 0 Å². The Bertz CT molecular complexity index is 742. The van der Waals surface area contributed by atoms with Gasteiger partial charge in [0.15, 0.2) is 0 Å². The Labute approximate surface area is 140 Å². The second-order valence-electron chi connectivity index (χ2n) is 5.12. The molecule has 2 amide bonds. The highest BCUT2D eigenvalue weighted by Crippen LogP contribution is 2.16. The van der Waals surface area contributed by atoms with Gasteiger partial charge in [-0.15, -0.1) is 0 Å². The van der Waals surface area contributed by atoms with Crippen LogP contribution in [0.1, 0.15) is 29.3 Å². The molecule has 6 nitrogen and oxygen atoms in total. The summed E-state index contributed by atoms with van der Waals surface area (Å²) in [6, 6.07) is 15.5. The smallest absolute Gasteiger partial charge is 0.251 e. The van der Waals surface area contributed by atoms with Crippen molar-refractivity contribution in [1.29, 1.82) is 0 Å². The minimum atomic E-state index is -0.321.